The number of aryl methyl sites for hydroxylation is 1. The minimum atomic E-state index is -4.25. The molecule has 1 N–H and O–H groups in total. The van der Waals surface area contributed by atoms with Gasteiger partial charge in [-0.1, -0.05) is 19.9 Å². The van der Waals surface area contributed by atoms with E-state index in [0.717, 1.165) is 10.9 Å². The summed E-state index contributed by atoms with van der Waals surface area (Å²) in [6, 6.07) is 9.37. The summed E-state index contributed by atoms with van der Waals surface area (Å²) in [5.41, 5.74) is 2.65. The zero-order valence-corrected chi connectivity index (χ0v) is 16.9. The van der Waals surface area contributed by atoms with E-state index >= 15 is 0 Å². The Morgan fingerprint density at radius 1 is 1.14 bits per heavy atom. The average molecular weight is 406 g/mol. The lowest BCUT2D eigenvalue weighted by Gasteiger charge is -2.17. The van der Waals surface area contributed by atoms with Crippen molar-refractivity contribution in [1.82, 2.24) is 14.3 Å². The molecular weight excluding hydrogens is 381 g/mol. The third-order valence-electron chi connectivity index (χ3n) is 4.75. The largest absolute Gasteiger partial charge is 0.390 e. The molecular formula is C21H25F3N4O. The van der Waals surface area contributed by atoms with Crippen LogP contribution in [0.5, 0.6) is 0 Å². The zero-order valence-electron chi connectivity index (χ0n) is 16.9. The molecule has 0 aliphatic carbocycles. The molecule has 0 atom stereocenters. The number of amides is 1. The normalized spacial score (nSPS) is 12.3. The van der Waals surface area contributed by atoms with E-state index < -0.39 is 12.6 Å². The lowest BCUT2D eigenvalue weighted by molar-refractivity contribution is -0.137. The van der Waals surface area contributed by atoms with Crippen molar-refractivity contribution in [2.24, 2.45) is 0 Å². The fraction of sp³-hybridized carbons (Fsp3) is 0.429. The topological polar surface area (TPSA) is 51.9 Å². The van der Waals surface area contributed by atoms with Crippen molar-refractivity contribution in [3.05, 3.63) is 47.8 Å². The van der Waals surface area contributed by atoms with Crippen molar-refractivity contribution in [3.8, 4) is 0 Å². The van der Waals surface area contributed by atoms with Crippen LogP contribution in [0.1, 0.15) is 62.1 Å². The molecule has 156 valence electrons. The number of alkyl halides is 3. The molecule has 0 unspecified atom stereocenters. The van der Waals surface area contributed by atoms with Crippen LogP contribution in [0.25, 0.3) is 10.9 Å². The van der Waals surface area contributed by atoms with Gasteiger partial charge < -0.3 is 9.88 Å². The van der Waals surface area contributed by atoms with Gasteiger partial charge in [0.2, 0.25) is 0 Å². The number of nitrogens with zero attached hydrogens (tertiary/aromatic N) is 3. The maximum Gasteiger partial charge on any atom is 0.390 e. The first-order valence-electron chi connectivity index (χ1n) is 9.61. The van der Waals surface area contributed by atoms with Gasteiger partial charge in [-0.2, -0.15) is 18.3 Å². The number of hydrogen-bond donors (Lipinski definition) is 1. The molecule has 0 saturated carbocycles. The summed E-state index contributed by atoms with van der Waals surface area (Å²) in [5.74, 6) is 0.220. The first-order valence-corrected chi connectivity index (χ1v) is 9.61. The molecule has 0 aliphatic rings. The Bertz CT molecular complexity index is 1010. The molecule has 5 nitrogen and oxygen atoms in total. The summed E-state index contributed by atoms with van der Waals surface area (Å²) in [6.07, 6.45) is -3.79. The van der Waals surface area contributed by atoms with Gasteiger partial charge in [-0.05, 0) is 43.4 Å². The molecule has 0 radical (unpaired) electrons. The van der Waals surface area contributed by atoms with Gasteiger partial charge in [0, 0.05) is 41.6 Å². The van der Waals surface area contributed by atoms with Crippen LogP contribution in [0.4, 0.5) is 19.0 Å². The van der Waals surface area contributed by atoms with Crippen molar-refractivity contribution in [3.63, 3.8) is 0 Å². The highest BCUT2D eigenvalue weighted by molar-refractivity contribution is 6.05. The Morgan fingerprint density at radius 3 is 2.48 bits per heavy atom. The van der Waals surface area contributed by atoms with E-state index in [4.69, 9.17) is 0 Å². The van der Waals surface area contributed by atoms with Crippen LogP contribution < -0.4 is 5.32 Å². The van der Waals surface area contributed by atoms with E-state index in [1.807, 2.05) is 12.1 Å². The molecule has 2 heterocycles. The van der Waals surface area contributed by atoms with Gasteiger partial charge in [0.25, 0.3) is 5.91 Å². The Kier molecular flexibility index (Phi) is 5.73. The molecule has 0 spiro atoms. The third kappa shape index (κ3) is 4.81. The smallest absolute Gasteiger partial charge is 0.342 e. The van der Waals surface area contributed by atoms with Crippen LogP contribution in [0.15, 0.2) is 36.5 Å². The number of carbonyl (C=O) groups is 1. The molecule has 3 aromatic rings. The van der Waals surface area contributed by atoms with Gasteiger partial charge in [-0.15, -0.1) is 0 Å². The summed E-state index contributed by atoms with van der Waals surface area (Å²) >= 11 is 0. The minimum Gasteiger partial charge on any atom is -0.342 e. The molecule has 0 aliphatic heterocycles. The maximum atomic E-state index is 12.7. The van der Waals surface area contributed by atoms with Crippen LogP contribution in [0.2, 0.25) is 0 Å². The molecule has 29 heavy (non-hydrogen) atoms. The van der Waals surface area contributed by atoms with Crippen LogP contribution >= 0.6 is 0 Å². The number of anilines is 1. The molecule has 0 fully saturated rings. The fourth-order valence-corrected chi connectivity index (χ4v) is 3.39. The summed E-state index contributed by atoms with van der Waals surface area (Å²) in [7, 11) is 0. The Hall–Kier alpha value is -2.77. The number of fused-ring (bicyclic) bond motifs is 1. The van der Waals surface area contributed by atoms with Crippen molar-refractivity contribution >= 4 is 22.6 Å². The van der Waals surface area contributed by atoms with Gasteiger partial charge >= 0.3 is 6.18 Å². The number of benzene rings is 1. The summed E-state index contributed by atoms with van der Waals surface area (Å²) in [6.45, 7) is 8.19. The van der Waals surface area contributed by atoms with E-state index in [1.165, 1.54) is 22.6 Å². The van der Waals surface area contributed by atoms with Crippen LogP contribution in [-0.4, -0.2) is 26.4 Å². The predicted molar refractivity (Wildman–Crippen MR) is 107 cm³/mol. The van der Waals surface area contributed by atoms with E-state index in [1.54, 1.807) is 6.07 Å². The van der Waals surface area contributed by atoms with E-state index in [2.05, 4.69) is 48.7 Å². The van der Waals surface area contributed by atoms with Crippen LogP contribution in [-0.2, 0) is 6.54 Å². The van der Waals surface area contributed by atoms with Gasteiger partial charge in [0.1, 0.15) is 0 Å². The Morgan fingerprint density at radius 2 is 1.86 bits per heavy atom. The predicted octanol–water partition coefficient (Wildman–Crippen LogP) is 5.75. The molecule has 3 rings (SSSR count). The molecule has 1 aromatic carbocycles. The monoisotopic (exact) mass is 406 g/mol. The van der Waals surface area contributed by atoms with Gasteiger partial charge in [0.15, 0.2) is 5.82 Å². The lowest BCUT2D eigenvalue weighted by Crippen LogP contribution is -2.15. The summed E-state index contributed by atoms with van der Waals surface area (Å²) in [4.78, 5) is 12.7. The number of rotatable bonds is 6. The zero-order chi connectivity index (χ0) is 21.3. The SMILES string of the molecule is CC(C)c1cc2ccc(C(=O)Nc3ccn(CCC(F)(F)F)n3)cc2n1C(C)C. The molecule has 1 amide bonds. The van der Waals surface area contributed by atoms with Gasteiger partial charge in [-0.25, -0.2) is 0 Å². The summed E-state index contributed by atoms with van der Waals surface area (Å²) < 4.78 is 40.4. The van der Waals surface area contributed by atoms with E-state index in [-0.39, 0.29) is 24.3 Å². The summed E-state index contributed by atoms with van der Waals surface area (Å²) in [5, 5.41) is 7.72. The first-order chi connectivity index (χ1) is 13.5. The second-order valence-electron chi connectivity index (χ2n) is 7.74. The number of nitrogens with one attached hydrogen (secondary N) is 1. The maximum absolute atomic E-state index is 12.7. The standard InChI is InChI=1S/C21H25F3N4O/c1-13(2)17-11-15-5-6-16(12-18(15)28(17)14(3)4)20(29)25-19-7-9-27(26-19)10-8-21(22,23)24/h5-7,9,11-14H,8,10H2,1-4H3,(H,25,26,29). The highest BCUT2D eigenvalue weighted by Crippen LogP contribution is 2.29. The molecule has 8 heteroatoms. The number of hydrogen-bond acceptors (Lipinski definition) is 2. The Balaban J connectivity index is 1.81. The highest BCUT2D eigenvalue weighted by Gasteiger charge is 2.26. The number of carbonyl (C=O) groups excluding carboxylic acids is 1. The third-order valence-corrected chi connectivity index (χ3v) is 4.75. The lowest BCUT2D eigenvalue weighted by atomic mass is 10.1. The fourth-order valence-electron chi connectivity index (χ4n) is 3.39. The number of aromatic nitrogens is 3. The quantitative estimate of drug-likeness (QED) is 0.567. The van der Waals surface area contributed by atoms with Crippen molar-refractivity contribution < 1.29 is 18.0 Å². The van der Waals surface area contributed by atoms with Crippen LogP contribution in [0, 0.1) is 0 Å². The first kappa shape index (κ1) is 21.0. The van der Waals surface area contributed by atoms with Crippen molar-refractivity contribution in [1.29, 1.82) is 0 Å². The number of halogens is 3. The second kappa shape index (κ2) is 7.93. The second-order valence-corrected chi connectivity index (χ2v) is 7.74. The minimum absolute atomic E-state index is 0.222. The Labute approximate surface area is 167 Å². The molecule has 0 saturated heterocycles. The van der Waals surface area contributed by atoms with Gasteiger partial charge in [0.05, 0.1) is 6.42 Å². The van der Waals surface area contributed by atoms with Crippen molar-refractivity contribution in [2.75, 3.05) is 5.32 Å². The molecule has 2 aromatic heterocycles. The highest BCUT2D eigenvalue weighted by atomic mass is 19.4. The van der Waals surface area contributed by atoms with E-state index in [0.29, 0.717) is 11.5 Å². The van der Waals surface area contributed by atoms with E-state index in [9.17, 15) is 18.0 Å². The molecule has 0 bridgehead atoms. The van der Waals surface area contributed by atoms with Gasteiger partial charge in [-0.3, -0.25) is 9.48 Å². The van der Waals surface area contributed by atoms with Crippen molar-refractivity contribution in [2.45, 2.75) is 58.8 Å². The van der Waals surface area contributed by atoms with Crippen LogP contribution in [0.3, 0.4) is 0 Å². The average Bonchev–Trinajstić information content (AvgIpc) is 3.22.